The Hall–Kier alpha value is -2.11. The van der Waals surface area contributed by atoms with Gasteiger partial charge in [-0.2, -0.15) is 5.10 Å². The number of aromatic amines is 1. The number of carbonyl (C=O) groups excluding carboxylic acids is 1. The number of aromatic nitrogens is 4. The van der Waals surface area contributed by atoms with Crippen LogP contribution in [0.4, 0.5) is 0 Å². The molecule has 0 saturated carbocycles. The second-order valence-electron chi connectivity index (χ2n) is 4.77. The molecule has 0 aliphatic carbocycles. The number of aryl methyl sites for hydroxylation is 1. The van der Waals surface area contributed by atoms with Crippen LogP contribution < -0.4 is 5.32 Å². The van der Waals surface area contributed by atoms with E-state index in [0.29, 0.717) is 6.54 Å². The summed E-state index contributed by atoms with van der Waals surface area (Å²) >= 11 is 0. The Labute approximate surface area is 111 Å². The molecular formula is C13H17N5O. The van der Waals surface area contributed by atoms with Gasteiger partial charge in [0.25, 0.3) is 5.91 Å². The van der Waals surface area contributed by atoms with E-state index in [1.165, 1.54) is 0 Å². The molecule has 0 fully saturated rings. The molecule has 0 aromatic carbocycles. The van der Waals surface area contributed by atoms with Crippen LogP contribution >= 0.6 is 0 Å². The largest absolute Gasteiger partial charge is 0.352 e. The number of hydrogen-bond donors (Lipinski definition) is 2. The van der Waals surface area contributed by atoms with Crippen molar-refractivity contribution < 1.29 is 4.79 Å². The van der Waals surface area contributed by atoms with Gasteiger partial charge >= 0.3 is 0 Å². The summed E-state index contributed by atoms with van der Waals surface area (Å²) in [6, 6.07) is 0. The summed E-state index contributed by atoms with van der Waals surface area (Å²) in [6.45, 7) is 1.53. The van der Waals surface area contributed by atoms with Crippen molar-refractivity contribution in [2.24, 2.45) is 0 Å². The second-order valence-corrected chi connectivity index (χ2v) is 4.77. The molecule has 0 bridgehead atoms. The van der Waals surface area contributed by atoms with E-state index in [-0.39, 0.29) is 5.91 Å². The first-order chi connectivity index (χ1) is 9.34. The van der Waals surface area contributed by atoms with E-state index in [9.17, 15) is 4.79 Å². The third-order valence-corrected chi connectivity index (χ3v) is 3.46. The van der Waals surface area contributed by atoms with Gasteiger partial charge in [0.1, 0.15) is 0 Å². The minimum absolute atomic E-state index is 0.0253. The summed E-state index contributed by atoms with van der Waals surface area (Å²) in [7, 11) is 0. The van der Waals surface area contributed by atoms with E-state index in [1.807, 2.05) is 4.68 Å². The van der Waals surface area contributed by atoms with Crippen molar-refractivity contribution in [1.29, 1.82) is 0 Å². The highest BCUT2D eigenvalue weighted by Gasteiger charge is 2.19. The molecule has 6 heteroatoms. The number of hydrogen-bond acceptors (Lipinski definition) is 3. The minimum atomic E-state index is -0.0253. The lowest BCUT2D eigenvalue weighted by molar-refractivity contribution is 0.0952. The molecule has 1 amide bonds. The maximum Gasteiger partial charge on any atom is 0.254 e. The van der Waals surface area contributed by atoms with Gasteiger partial charge in [-0.1, -0.05) is 0 Å². The van der Waals surface area contributed by atoms with Crippen LogP contribution in [-0.4, -0.2) is 32.2 Å². The van der Waals surface area contributed by atoms with Crippen LogP contribution in [0.1, 0.15) is 34.6 Å². The molecule has 0 spiro atoms. The highest BCUT2D eigenvalue weighted by molar-refractivity contribution is 5.95. The summed E-state index contributed by atoms with van der Waals surface area (Å²) in [5, 5.41) is 7.21. The Morgan fingerprint density at radius 2 is 2.37 bits per heavy atom. The zero-order valence-electron chi connectivity index (χ0n) is 10.7. The van der Waals surface area contributed by atoms with E-state index in [2.05, 4.69) is 20.4 Å². The summed E-state index contributed by atoms with van der Waals surface area (Å²) in [6.07, 6.45) is 9.10. The number of fused-ring (bicyclic) bond motifs is 1. The number of carbonyl (C=O) groups is 1. The van der Waals surface area contributed by atoms with E-state index < -0.39 is 0 Å². The van der Waals surface area contributed by atoms with Crippen molar-refractivity contribution in [3.05, 3.63) is 35.7 Å². The molecular weight excluding hydrogens is 242 g/mol. The first-order valence-corrected chi connectivity index (χ1v) is 6.65. The lowest BCUT2D eigenvalue weighted by atomic mass is 10.1. The topological polar surface area (TPSA) is 75.6 Å². The fourth-order valence-electron chi connectivity index (χ4n) is 2.44. The fraction of sp³-hybridized carbons (Fsp3) is 0.462. The quantitative estimate of drug-likeness (QED) is 0.857. The van der Waals surface area contributed by atoms with Crippen LogP contribution in [0.3, 0.4) is 0 Å². The van der Waals surface area contributed by atoms with Gasteiger partial charge in [0.05, 0.1) is 23.8 Å². The molecule has 0 unspecified atom stereocenters. The number of nitrogens with zero attached hydrogens (tertiary/aromatic N) is 3. The molecule has 2 aromatic rings. The van der Waals surface area contributed by atoms with Gasteiger partial charge in [0.2, 0.25) is 0 Å². The van der Waals surface area contributed by atoms with E-state index in [1.54, 1.807) is 18.7 Å². The highest BCUT2D eigenvalue weighted by atomic mass is 16.1. The molecule has 3 rings (SSSR count). The van der Waals surface area contributed by atoms with Gasteiger partial charge in [-0.25, -0.2) is 4.98 Å². The standard InChI is InChI=1S/C13H17N5O/c19-13(15-5-4-10-7-14-9-16-10)11-8-17-18-6-2-1-3-12(11)18/h7-9H,1-6H2,(H,14,16)(H,15,19). The number of nitrogens with one attached hydrogen (secondary N) is 2. The summed E-state index contributed by atoms with van der Waals surface area (Å²) in [5.41, 5.74) is 2.83. The van der Waals surface area contributed by atoms with Crippen molar-refractivity contribution in [3.8, 4) is 0 Å². The Morgan fingerprint density at radius 3 is 3.21 bits per heavy atom. The molecule has 1 aliphatic rings. The zero-order chi connectivity index (χ0) is 13.1. The van der Waals surface area contributed by atoms with Gasteiger partial charge in [0.15, 0.2) is 0 Å². The maximum atomic E-state index is 12.1. The van der Waals surface area contributed by atoms with Gasteiger partial charge in [-0.3, -0.25) is 9.48 Å². The number of rotatable bonds is 4. The molecule has 6 nitrogen and oxygen atoms in total. The normalized spacial score (nSPS) is 14.1. The van der Waals surface area contributed by atoms with E-state index in [0.717, 1.165) is 49.2 Å². The predicted octanol–water partition coefficient (Wildman–Crippen LogP) is 0.915. The van der Waals surface area contributed by atoms with E-state index in [4.69, 9.17) is 0 Å². The Balaban J connectivity index is 1.59. The van der Waals surface area contributed by atoms with Crippen molar-refractivity contribution in [3.63, 3.8) is 0 Å². The molecule has 2 N–H and O–H groups in total. The van der Waals surface area contributed by atoms with Crippen LogP contribution in [0.2, 0.25) is 0 Å². The third-order valence-electron chi connectivity index (χ3n) is 3.46. The highest BCUT2D eigenvalue weighted by Crippen LogP contribution is 2.17. The van der Waals surface area contributed by atoms with Crippen molar-refractivity contribution in [2.45, 2.75) is 32.2 Å². The van der Waals surface area contributed by atoms with Crippen molar-refractivity contribution in [2.75, 3.05) is 6.54 Å². The summed E-state index contributed by atoms with van der Waals surface area (Å²) in [5.74, 6) is -0.0253. The van der Waals surface area contributed by atoms with Gasteiger partial charge < -0.3 is 10.3 Å². The lowest BCUT2D eigenvalue weighted by Crippen LogP contribution is -2.27. The summed E-state index contributed by atoms with van der Waals surface area (Å²) in [4.78, 5) is 19.1. The molecule has 0 atom stereocenters. The van der Waals surface area contributed by atoms with Crippen LogP contribution in [0.25, 0.3) is 0 Å². The SMILES string of the molecule is O=C(NCCc1cnc[nH]1)c1cnn2c1CCCC2. The number of amides is 1. The van der Waals surface area contributed by atoms with Crippen LogP contribution in [-0.2, 0) is 19.4 Å². The monoisotopic (exact) mass is 259 g/mol. The van der Waals surface area contributed by atoms with Crippen LogP contribution in [0, 0.1) is 0 Å². The predicted molar refractivity (Wildman–Crippen MR) is 69.8 cm³/mol. The average Bonchev–Trinajstić information content (AvgIpc) is 3.07. The Morgan fingerprint density at radius 1 is 1.42 bits per heavy atom. The first-order valence-electron chi connectivity index (χ1n) is 6.65. The fourth-order valence-corrected chi connectivity index (χ4v) is 2.44. The Kier molecular flexibility index (Phi) is 3.31. The maximum absolute atomic E-state index is 12.1. The molecule has 0 saturated heterocycles. The summed E-state index contributed by atoms with van der Waals surface area (Å²) < 4.78 is 1.95. The molecule has 3 heterocycles. The average molecular weight is 259 g/mol. The van der Waals surface area contributed by atoms with Crippen molar-refractivity contribution in [1.82, 2.24) is 25.1 Å². The smallest absolute Gasteiger partial charge is 0.254 e. The zero-order valence-corrected chi connectivity index (χ0v) is 10.7. The molecule has 1 aliphatic heterocycles. The minimum Gasteiger partial charge on any atom is -0.352 e. The second kappa shape index (κ2) is 5.26. The molecule has 19 heavy (non-hydrogen) atoms. The van der Waals surface area contributed by atoms with Gasteiger partial charge in [-0.05, 0) is 19.3 Å². The number of imidazole rings is 1. The molecule has 100 valence electrons. The van der Waals surface area contributed by atoms with Crippen LogP contribution in [0.5, 0.6) is 0 Å². The van der Waals surface area contributed by atoms with E-state index >= 15 is 0 Å². The lowest BCUT2D eigenvalue weighted by Gasteiger charge is -2.14. The Bertz CT molecular complexity index is 558. The number of H-pyrrole nitrogens is 1. The van der Waals surface area contributed by atoms with Crippen molar-refractivity contribution >= 4 is 5.91 Å². The first kappa shape index (κ1) is 12.0. The molecule has 0 radical (unpaired) electrons. The van der Waals surface area contributed by atoms with Gasteiger partial charge in [0, 0.05) is 31.4 Å². The van der Waals surface area contributed by atoms with Gasteiger partial charge in [-0.15, -0.1) is 0 Å². The third kappa shape index (κ3) is 2.52. The van der Waals surface area contributed by atoms with Crippen LogP contribution in [0.15, 0.2) is 18.7 Å². The molecule has 2 aromatic heterocycles.